The van der Waals surface area contributed by atoms with Gasteiger partial charge in [0.2, 0.25) is 0 Å². The normalized spacial score (nSPS) is 13.1. The molecule has 1 aromatic heterocycles. The predicted molar refractivity (Wildman–Crippen MR) is 106 cm³/mol. The van der Waals surface area contributed by atoms with Gasteiger partial charge in [0.25, 0.3) is 5.91 Å². The van der Waals surface area contributed by atoms with Gasteiger partial charge in [-0.3, -0.25) is 4.79 Å². The third-order valence-corrected chi connectivity index (χ3v) is 4.77. The number of benzene rings is 1. The van der Waals surface area contributed by atoms with Gasteiger partial charge in [-0.05, 0) is 36.5 Å². The van der Waals surface area contributed by atoms with Crippen LogP contribution in [0.2, 0.25) is 0 Å². The molecular weight excluding hydrogens is 362 g/mol. The van der Waals surface area contributed by atoms with Gasteiger partial charge in [0, 0.05) is 17.5 Å². The second kappa shape index (κ2) is 9.92. The number of nitrogens with one attached hydrogen (secondary N) is 1. The molecule has 0 bridgehead atoms. The summed E-state index contributed by atoms with van der Waals surface area (Å²) >= 11 is 0. The number of ether oxygens (including phenoxy) is 1. The fourth-order valence-electron chi connectivity index (χ4n) is 2.92. The lowest BCUT2D eigenvalue weighted by Gasteiger charge is -2.20. The molecule has 0 unspecified atom stereocenters. The van der Waals surface area contributed by atoms with E-state index in [9.17, 15) is 19.5 Å². The maximum Gasteiger partial charge on any atom is 0.336 e. The van der Waals surface area contributed by atoms with Crippen LogP contribution in [-0.2, 0) is 16.0 Å². The van der Waals surface area contributed by atoms with Gasteiger partial charge in [0.1, 0.15) is 17.4 Å². The molecule has 1 aromatic carbocycles. The standard InChI is InChI=1S/C21H27NO6/c1-4-6-7-14-10-19(24)28-17-11-15(8-9-16(14)17)27-12-18(23)22-20(21(25)26)13(3)5-2/h8-11,13,20H,4-7,12H2,1-3H3,(H,22,23)(H,25,26)/t13-,20-/m0/s1. The summed E-state index contributed by atoms with van der Waals surface area (Å²) in [5.74, 6) is -1.42. The van der Waals surface area contributed by atoms with Gasteiger partial charge in [0.05, 0.1) is 0 Å². The number of carboxylic acids is 1. The molecule has 0 aliphatic rings. The minimum atomic E-state index is -1.07. The Balaban J connectivity index is 2.09. The molecule has 0 fully saturated rings. The summed E-state index contributed by atoms with van der Waals surface area (Å²) in [6.07, 6.45) is 3.40. The van der Waals surface area contributed by atoms with Crippen molar-refractivity contribution in [3.63, 3.8) is 0 Å². The zero-order chi connectivity index (χ0) is 20.7. The maximum absolute atomic E-state index is 12.1. The molecule has 0 radical (unpaired) electrons. The highest BCUT2D eigenvalue weighted by molar-refractivity contribution is 5.85. The molecule has 152 valence electrons. The minimum absolute atomic E-state index is 0.196. The summed E-state index contributed by atoms with van der Waals surface area (Å²) in [6, 6.07) is 5.62. The number of amides is 1. The van der Waals surface area contributed by atoms with Crippen LogP contribution < -0.4 is 15.7 Å². The Labute approximate surface area is 163 Å². The monoisotopic (exact) mass is 389 g/mol. The maximum atomic E-state index is 12.1. The molecule has 2 atom stereocenters. The van der Waals surface area contributed by atoms with Crippen molar-refractivity contribution in [3.05, 3.63) is 40.2 Å². The van der Waals surface area contributed by atoms with E-state index < -0.39 is 23.5 Å². The molecule has 0 aliphatic heterocycles. The fourth-order valence-corrected chi connectivity index (χ4v) is 2.92. The lowest BCUT2D eigenvalue weighted by atomic mass is 9.99. The molecule has 2 aromatic rings. The molecular formula is C21H27NO6. The third-order valence-electron chi connectivity index (χ3n) is 4.77. The van der Waals surface area contributed by atoms with Gasteiger partial charge in [-0.15, -0.1) is 0 Å². The van der Waals surface area contributed by atoms with Crippen LogP contribution in [0, 0.1) is 5.92 Å². The van der Waals surface area contributed by atoms with Gasteiger partial charge in [-0.2, -0.15) is 0 Å². The van der Waals surface area contributed by atoms with Gasteiger partial charge < -0.3 is 19.6 Å². The second-order valence-corrected chi connectivity index (χ2v) is 6.91. The highest BCUT2D eigenvalue weighted by Gasteiger charge is 2.25. The van der Waals surface area contributed by atoms with Gasteiger partial charge >= 0.3 is 11.6 Å². The van der Waals surface area contributed by atoms with Crippen molar-refractivity contribution in [2.24, 2.45) is 5.92 Å². The number of hydrogen-bond donors (Lipinski definition) is 2. The molecule has 7 nitrogen and oxygen atoms in total. The number of carbonyl (C=O) groups is 2. The number of hydrogen-bond acceptors (Lipinski definition) is 5. The first kappa shape index (κ1) is 21.5. The van der Waals surface area contributed by atoms with Crippen molar-refractivity contribution in [2.45, 2.75) is 52.5 Å². The molecule has 1 heterocycles. The molecule has 0 saturated carbocycles. The molecule has 0 aliphatic carbocycles. The van der Waals surface area contributed by atoms with E-state index in [0.29, 0.717) is 17.8 Å². The first-order chi connectivity index (χ1) is 13.3. The molecule has 7 heteroatoms. The molecule has 2 N–H and O–H groups in total. The zero-order valence-corrected chi connectivity index (χ0v) is 16.5. The molecule has 1 amide bonds. The Kier molecular flexibility index (Phi) is 7.61. The van der Waals surface area contributed by atoms with Crippen molar-refractivity contribution >= 4 is 22.8 Å². The van der Waals surface area contributed by atoms with Crippen LogP contribution in [-0.4, -0.2) is 29.6 Å². The van der Waals surface area contributed by atoms with Crippen LogP contribution in [0.25, 0.3) is 11.0 Å². The second-order valence-electron chi connectivity index (χ2n) is 6.91. The smallest absolute Gasteiger partial charge is 0.336 e. The van der Waals surface area contributed by atoms with E-state index in [1.54, 1.807) is 25.1 Å². The van der Waals surface area contributed by atoms with E-state index in [0.717, 1.165) is 30.2 Å². The Morgan fingerprint density at radius 2 is 2.00 bits per heavy atom. The molecule has 28 heavy (non-hydrogen) atoms. The number of aryl methyl sites for hydroxylation is 1. The van der Waals surface area contributed by atoms with Gasteiger partial charge in [-0.1, -0.05) is 33.6 Å². The minimum Gasteiger partial charge on any atom is -0.484 e. The van der Waals surface area contributed by atoms with Gasteiger partial charge in [0.15, 0.2) is 6.61 Å². The average molecular weight is 389 g/mol. The highest BCUT2D eigenvalue weighted by atomic mass is 16.5. The summed E-state index contributed by atoms with van der Waals surface area (Å²) in [5.41, 5.74) is 0.904. The van der Waals surface area contributed by atoms with Crippen molar-refractivity contribution < 1.29 is 23.8 Å². The Morgan fingerprint density at radius 3 is 2.64 bits per heavy atom. The van der Waals surface area contributed by atoms with Crippen LogP contribution >= 0.6 is 0 Å². The lowest BCUT2D eigenvalue weighted by Crippen LogP contribution is -2.46. The van der Waals surface area contributed by atoms with E-state index in [1.807, 2.05) is 6.92 Å². The molecule has 0 spiro atoms. The number of unbranched alkanes of at least 4 members (excludes halogenated alkanes) is 1. The quantitative estimate of drug-likeness (QED) is 0.605. The summed E-state index contributed by atoms with van der Waals surface area (Å²) in [5, 5.41) is 12.6. The van der Waals surface area contributed by atoms with E-state index in [4.69, 9.17) is 9.15 Å². The van der Waals surface area contributed by atoms with Crippen LogP contribution in [0.15, 0.2) is 33.5 Å². The Bertz CT molecular complexity index is 888. The van der Waals surface area contributed by atoms with Gasteiger partial charge in [-0.25, -0.2) is 9.59 Å². The Hall–Kier alpha value is -2.83. The summed E-state index contributed by atoms with van der Waals surface area (Å²) in [6.45, 7) is 5.38. The molecule has 0 saturated heterocycles. The topological polar surface area (TPSA) is 106 Å². The number of carboxylic acid groups (broad SMARTS) is 1. The SMILES string of the molecule is CCCCc1cc(=O)oc2cc(OCC(=O)N[C@H](C(=O)O)[C@@H](C)CC)ccc12. The third kappa shape index (κ3) is 5.58. The van der Waals surface area contributed by atoms with Crippen molar-refractivity contribution in [2.75, 3.05) is 6.61 Å². The summed E-state index contributed by atoms with van der Waals surface area (Å²) in [7, 11) is 0. The van der Waals surface area contributed by atoms with Crippen molar-refractivity contribution in [3.8, 4) is 5.75 Å². The summed E-state index contributed by atoms with van der Waals surface area (Å²) < 4.78 is 10.7. The highest BCUT2D eigenvalue weighted by Crippen LogP contribution is 2.23. The van der Waals surface area contributed by atoms with Crippen LogP contribution in [0.1, 0.15) is 45.6 Å². The van der Waals surface area contributed by atoms with E-state index >= 15 is 0 Å². The first-order valence-corrected chi connectivity index (χ1v) is 9.57. The largest absolute Gasteiger partial charge is 0.484 e. The van der Waals surface area contributed by atoms with E-state index in [-0.39, 0.29) is 12.5 Å². The van der Waals surface area contributed by atoms with Crippen molar-refractivity contribution in [1.82, 2.24) is 5.32 Å². The van der Waals surface area contributed by atoms with E-state index in [2.05, 4.69) is 12.2 Å². The lowest BCUT2D eigenvalue weighted by molar-refractivity contribution is -0.143. The number of aliphatic carboxylic acids is 1. The number of rotatable bonds is 10. The number of carbonyl (C=O) groups excluding carboxylic acids is 1. The zero-order valence-electron chi connectivity index (χ0n) is 16.5. The summed E-state index contributed by atoms with van der Waals surface area (Å²) in [4.78, 5) is 35.2. The fraction of sp³-hybridized carbons (Fsp3) is 0.476. The van der Waals surface area contributed by atoms with Crippen LogP contribution in [0.4, 0.5) is 0 Å². The molecule has 2 rings (SSSR count). The predicted octanol–water partition coefficient (Wildman–Crippen LogP) is 3.13. The first-order valence-electron chi connectivity index (χ1n) is 9.57. The van der Waals surface area contributed by atoms with Crippen LogP contribution in [0.5, 0.6) is 5.75 Å². The average Bonchev–Trinajstić information content (AvgIpc) is 2.67. The van der Waals surface area contributed by atoms with Crippen molar-refractivity contribution in [1.29, 1.82) is 0 Å². The van der Waals surface area contributed by atoms with Crippen LogP contribution in [0.3, 0.4) is 0 Å². The number of fused-ring (bicyclic) bond motifs is 1. The Morgan fingerprint density at radius 1 is 1.25 bits per heavy atom. The van der Waals surface area contributed by atoms with E-state index in [1.165, 1.54) is 6.07 Å².